The van der Waals surface area contributed by atoms with Gasteiger partial charge >= 0.3 is 0 Å². The van der Waals surface area contributed by atoms with Gasteiger partial charge in [0.15, 0.2) is 0 Å². The van der Waals surface area contributed by atoms with Crippen molar-refractivity contribution in [1.82, 2.24) is 5.32 Å². The Morgan fingerprint density at radius 3 is 1.31 bits per heavy atom. The molecule has 1 amide bonds. The molecule has 0 aromatic carbocycles. The number of unbranched alkanes of at least 4 members (excludes halogenated alkanes) is 25. The molecule has 0 aromatic rings. The van der Waals surface area contributed by atoms with Crippen LogP contribution in [-0.2, 0) is 4.79 Å². The number of aliphatic hydroxyl groups is 2. The first-order valence-electron chi connectivity index (χ1n) is 18.9. The van der Waals surface area contributed by atoms with E-state index in [1.54, 1.807) is 0 Å². The third kappa shape index (κ3) is 30.6. The Balaban J connectivity index is 3.56. The molecular weight excluding hydrogens is 518 g/mol. The molecule has 0 bridgehead atoms. The Hall–Kier alpha value is -0.870. The van der Waals surface area contributed by atoms with Crippen molar-refractivity contribution in [2.24, 2.45) is 0 Å². The van der Waals surface area contributed by atoms with Crippen LogP contribution in [0.4, 0.5) is 0 Å². The topological polar surface area (TPSA) is 69.6 Å². The molecule has 0 radical (unpaired) electrons. The van der Waals surface area contributed by atoms with Gasteiger partial charge in [0.05, 0.1) is 18.8 Å². The van der Waals surface area contributed by atoms with Crippen LogP contribution in [0, 0.1) is 0 Å². The van der Waals surface area contributed by atoms with Crippen molar-refractivity contribution in [3.63, 3.8) is 0 Å². The first-order valence-corrected chi connectivity index (χ1v) is 18.9. The quantitative estimate of drug-likeness (QED) is 0.0513. The third-order valence-electron chi connectivity index (χ3n) is 8.78. The molecule has 4 nitrogen and oxygen atoms in total. The highest BCUT2D eigenvalue weighted by Crippen LogP contribution is 2.15. The summed E-state index contributed by atoms with van der Waals surface area (Å²) in [7, 11) is 0. The minimum atomic E-state index is -0.675. The van der Waals surface area contributed by atoms with Crippen molar-refractivity contribution in [3.05, 3.63) is 12.2 Å². The molecule has 0 heterocycles. The lowest BCUT2D eigenvalue weighted by Crippen LogP contribution is -2.45. The minimum Gasteiger partial charge on any atom is -0.394 e. The average Bonchev–Trinajstić information content (AvgIpc) is 2.99. The normalized spacial score (nSPS) is 13.1. The third-order valence-corrected chi connectivity index (χ3v) is 8.78. The van der Waals surface area contributed by atoms with E-state index in [4.69, 9.17) is 0 Å². The highest BCUT2D eigenvalue weighted by atomic mass is 16.3. The number of aliphatic hydroxyl groups excluding tert-OH is 2. The smallest absolute Gasteiger partial charge is 0.220 e. The van der Waals surface area contributed by atoms with Crippen molar-refractivity contribution < 1.29 is 15.0 Å². The molecule has 0 spiro atoms. The van der Waals surface area contributed by atoms with Crippen LogP contribution >= 0.6 is 0 Å². The number of carbonyl (C=O) groups is 1. The lowest BCUT2D eigenvalue weighted by atomic mass is 10.0. The molecule has 0 aliphatic rings. The summed E-state index contributed by atoms with van der Waals surface area (Å²) in [6, 6.07) is -0.545. The molecule has 250 valence electrons. The first-order chi connectivity index (χ1) is 20.7. The summed E-state index contributed by atoms with van der Waals surface area (Å²) in [5.41, 5.74) is 0. The molecule has 2 atom stereocenters. The predicted molar refractivity (Wildman–Crippen MR) is 184 cm³/mol. The van der Waals surface area contributed by atoms with E-state index in [1.165, 1.54) is 148 Å². The summed E-state index contributed by atoms with van der Waals surface area (Å²) in [4.78, 5) is 12.3. The van der Waals surface area contributed by atoms with Crippen LogP contribution in [0.2, 0.25) is 0 Å². The van der Waals surface area contributed by atoms with Crippen LogP contribution in [0.1, 0.15) is 206 Å². The van der Waals surface area contributed by atoms with E-state index in [0.29, 0.717) is 12.8 Å². The Morgan fingerprint density at radius 1 is 0.548 bits per heavy atom. The maximum absolute atomic E-state index is 12.3. The highest BCUT2D eigenvalue weighted by molar-refractivity contribution is 5.76. The summed E-state index contributed by atoms with van der Waals surface area (Å²) < 4.78 is 0. The van der Waals surface area contributed by atoms with Gasteiger partial charge in [-0.15, -0.1) is 0 Å². The van der Waals surface area contributed by atoms with Crippen LogP contribution in [-0.4, -0.2) is 34.9 Å². The molecule has 0 aliphatic carbocycles. The number of hydrogen-bond acceptors (Lipinski definition) is 3. The number of amides is 1. The van der Waals surface area contributed by atoms with Gasteiger partial charge in [0.25, 0.3) is 0 Å². The summed E-state index contributed by atoms with van der Waals surface area (Å²) in [6.07, 6.45) is 41.2. The van der Waals surface area contributed by atoms with Gasteiger partial charge in [-0.2, -0.15) is 0 Å². The number of nitrogens with one attached hydrogen (secondary N) is 1. The largest absolute Gasteiger partial charge is 0.394 e. The predicted octanol–water partition coefficient (Wildman–Crippen LogP) is 11.1. The van der Waals surface area contributed by atoms with Gasteiger partial charge in [0, 0.05) is 6.42 Å². The standard InChI is InChI=1S/C38H75NO3/c1-3-5-7-9-11-13-15-17-19-20-22-24-26-28-30-32-34-38(42)39-36(35-40)37(41)33-31-29-27-25-23-21-18-16-14-12-10-8-6-4-2/h23,25,36-37,40-41H,3-22,24,26-35H2,1-2H3,(H,39,42)/b25-23+/t36-,37+/m0/s1. The molecule has 3 N–H and O–H groups in total. The average molecular weight is 594 g/mol. The van der Waals surface area contributed by atoms with Gasteiger partial charge in [-0.25, -0.2) is 0 Å². The second-order valence-corrected chi connectivity index (χ2v) is 13.0. The molecule has 0 aromatic heterocycles. The maximum atomic E-state index is 12.3. The summed E-state index contributed by atoms with van der Waals surface area (Å²) in [5, 5.41) is 23.0. The first kappa shape index (κ1) is 41.1. The molecule has 0 aliphatic heterocycles. The summed E-state index contributed by atoms with van der Waals surface area (Å²) in [5.74, 6) is -0.0395. The number of carbonyl (C=O) groups excluding carboxylic acids is 1. The van der Waals surface area contributed by atoms with Crippen LogP contribution < -0.4 is 5.32 Å². The lowest BCUT2D eigenvalue weighted by Gasteiger charge is -2.22. The Kier molecular flexibility index (Phi) is 33.9. The Labute approximate surface area is 263 Å². The number of hydrogen-bond donors (Lipinski definition) is 3. The van der Waals surface area contributed by atoms with E-state index in [0.717, 1.165) is 32.1 Å². The van der Waals surface area contributed by atoms with Gasteiger partial charge < -0.3 is 15.5 Å². The van der Waals surface area contributed by atoms with Crippen molar-refractivity contribution in [1.29, 1.82) is 0 Å². The molecule has 0 rings (SSSR count). The lowest BCUT2D eigenvalue weighted by molar-refractivity contribution is -0.123. The van der Waals surface area contributed by atoms with E-state index in [2.05, 4.69) is 31.3 Å². The molecule has 0 saturated carbocycles. The van der Waals surface area contributed by atoms with E-state index in [9.17, 15) is 15.0 Å². The van der Waals surface area contributed by atoms with Gasteiger partial charge in [-0.05, 0) is 38.5 Å². The fraction of sp³-hybridized carbons (Fsp3) is 0.921. The molecular formula is C38H75NO3. The molecule has 0 unspecified atom stereocenters. The van der Waals surface area contributed by atoms with Crippen molar-refractivity contribution in [2.75, 3.05) is 6.61 Å². The van der Waals surface area contributed by atoms with E-state index in [1.807, 2.05) is 0 Å². The summed E-state index contributed by atoms with van der Waals surface area (Å²) >= 11 is 0. The van der Waals surface area contributed by atoms with Crippen LogP contribution in [0.15, 0.2) is 12.2 Å². The molecule has 4 heteroatoms. The van der Waals surface area contributed by atoms with Crippen LogP contribution in [0.5, 0.6) is 0 Å². The van der Waals surface area contributed by atoms with E-state index in [-0.39, 0.29) is 12.5 Å². The van der Waals surface area contributed by atoms with Gasteiger partial charge in [0.1, 0.15) is 0 Å². The number of allylic oxidation sites excluding steroid dienone is 2. The maximum Gasteiger partial charge on any atom is 0.220 e. The van der Waals surface area contributed by atoms with Crippen molar-refractivity contribution in [2.45, 2.75) is 219 Å². The Bertz CT molecular complexity index is 565. The zero-order valence-corrected chi connectivity index (χ0v) is 28.5. The molecule has 0 fully saturated rings. The van der Waals surface area contributed by atoms with Gasteiger partial charge in [-0.3, -0.25) is 4.79 Å². The molecule has 42 heavy (non-hydrogen) atoms. The Morgan fingerprint density at radius 2 is 0.905 bits per heavy atom. The second-order valence-electron chi connectivity index (χ2n) is 13.0. The van der Waals surface area contributed by atoms with Crippen molar-refractivity contribution >= 4 is 5.91 Å². The number of rotatable bonds is 34. The van der Waals surface area contributed by atoms with Crippen LogP contribution in [0.25, 0.3) is 0 Å². The minimum absolute atomic E-state index is 0.0395. The van der Waals surface area contributed by atoms with E-state index >= 15 is 0 Å². The fourth-order valence-corrected chi connectivity index (χ4v) is 5.82. The van der Waals surface area contributed by atoms with Gasteiger partial charge in [-0.1, -0.05) is 174 Å². The second kappa shape index (κ2) is 34.6. The van der Waals surface area contributed by atoms with E-state index < -0.39 is 12.1 Å². The molecule has 0 saturated heterocycles. The summed E-state index contributed by atoms with van der Waals surface area (Å²) in [6.45, 7) is 4.34. The fourth-order valence-electron chi connectivity index (χ4n) is 5.82. The highest BCUT2D eigenvalue weighted by Gasteiger charge is 2.19. The van der Waals surface area contributed by atoms with Crippen LogP contribution in [0.3, 0.4) is 0 Å². The SMILES string of the molecule is CCCCCCCCCC/C=C/CCCC[C@@H](O)[C@H](CO)NC(=O)CCCCCCCCCCCCCCCCCC. The zero-order valence-electron chi connectivity index (χ0n) is 28.5. The zero-order chi connectivity index (χ0) is 30.8. The monoisotopic (exact) mass is 594 g/mol. The van der Waals surface area contributed by atoms with Crippen molar-refractivity contribution in [3.8, 4) is 0 Å². The van der Waals surface area contributed by atoms with Gasteiger partial charge in [0.2, 0.25) is 5.91 Å².